The van der Waals surface area contributed by atoms with Gasteiger partial charge in [-0.2, -0.15) is 0 Å². The third-order valence-electron chi connectivity index (χ3n) is 5.54. The van der Waals surface area contributed by atoms with Crippen LogP contribution in [0.2, 0.25) is 0 Å². The van der Waals surface area contributed by atoms with Crippen LogP contribution in [0.4, 0.5) is 4.79 Å². The summed E-state index contributed by atoms with van der Waals surface area (Å²) in [5.41, 5.74) is 0. The number of rotatable bonds is 9. The molecule has 0 saturated heterocycles. The molecular formula is C20H39ClN4O2. The summed E-state index contributed by atoms with van der Waals surface area (Å²) in [6.45, 7) is 2.08. The molecule has 0 radical (unpaired) electrons. The maximum absolute atomic E-state index is 11.8. The zero-order valence-corrected chi connectivity index (χ0v) is 17.5. The summed E-state index contributed by atoms with van der Waals surface area (Å²) in [5.74, 6) is 0.0714. The van der Waals surface area contributed by atoms with Crippen LogP contribution in [0, 0.1) is 0 Å². The summed E-state index contributed by atoms with van der Waals surface area (Å²) in [7, 11) is 0. The Balaban J connectivity index is 0.00000364. The molecule has 27 heavy (non-hydrogen) atoms. The highest BCUT2D eigenvalue weighted by molar-refractivity contribution is 5.85. The topological polar surface area (TPSA) is 82.3 Å². The van der Waals surface area contributed by atoms with Crippen molar-refractivity contribution in [1.29, 1.82) is 0 Å². The molecule has 2 aliphatic rings. The van der Waals surface area contributed by atoms with Gasteiger partial charge in [0.05, 0.1) is 0 Å². The monoisotopic (exact) mass is 402 g/mol. The number of carbonyl (C=O) groups excluding carboxylic acids is 2. The number of amides is 3. The molecule has 158 valence electrons. The second-order valence-corrected chi connectivity index (χ2v) is 7.83. The van der Waals surface area contributed by atoms with Gasteiger partial charge in [0.2, 0.25) is 5.91 Å². The molecular weight excluding hydrogens is 364 g/mol. The Labute approximate surface area is 170 Å². The van der Waals surface area contributed by atoms with Gasteiger partial charge in [0, 0.05) is 38.1 Å². The molecule has 0 bridgehead atoms. The third-order valence-corrected chi connectivity index (χ3v) is 5.54. The summed E-state index contributed by atoms with van der Waals surface area (Å²) < 4.78 is 0. The lowest BCUT2D eigenvalue weighted by Crippen LogP contribution is -2.43. The maximum Gasteiger partial charge on any atom is 0.315 e. The minimum absolute atomic E-state index is 0. The third kappa shape index (κ3) is 11.4. The molecule has 0 aromatic carbocycles. The lowest BCUT2D eigenvalue weighted by molar-refractivity contribution is -0.121. The molecule has 0 aromatic rings. The first-order valence-electron chi connectivity index (χ1n) is 10.8. The Morgan fingerprint density at radius 1 is 0.704 bits per heavy atom. The first-order valence-corrected chi connectivity index (χ1v) is 10.8. The van der Waals surface area contributed by atoms with Gasteiger partial charge >= 0.3 is 6.03 Å². The number of hydrogen-bond acceptors (Lipinski definition) is 3. The van der Waals surface area contributed by atoms with E-state index in [1.807, 2.05) is 0 Å². The van der Waals surface area contributed by atoms with Crippen molar-refractivity contribution in [3.8, 4) is 0 Å². The lowest BCUT2D eigenvalue weighted by atomic mass is 9.96. The normalized spacial score (nSPS) is 18.8. The predicted octanol–water partition coefficient (Wildman–Crippen LogP) is 3.25. The summed E-state index contributed by atoms with van der Waals surface area (Å²) >= 11 is 0. The number of hydrogen-bond donors (Lipinski definition) is 4. The number of halogens is 1. The Morgan fingerprint density at radius 3 is 1.96 bits per heavy atom. The van der Waals surface area contributed by atoms with Crippen LogP contribution < -0.4 is 21.3 Å². The fraction of sp³-hybridized carbons (Fsp3) is 0.900. The van der Waals surface area contributed by atoms with Crippen LogP contribution >= 0.6 is 12.4 Å². The average Bonchev–Trinajstić information content (AvgIpc) is 2.92. The van der Waals surface area contributed by atoms with E-state index < -0.39 is 0 Å². The van der Waals surface area contributed by atoms with Crippen molar-refractivity contribution in [1.82, 2.24) is 21.3 Å². The number of carbonyl (C=O) groups is 2. The van der Waals surface area contributed by atoms with E-state index in [0.717, 1.165) is 19.4 Å². The average molecular weight is 403 g/mol. The van der Waals surface area contributed by atoms with Crippen LogP contribution in [0.5, 0.6) is 0 Å². The van der Waals surface area contributed by atoms with Crippen molar-refractivity contribution in [2.45, 2.75) is 95.6 Å². The van der Waals surface area contributed by atoms with Crippen molar-refractivity contribution in [3.05, 3.63) is 0 Å². The van der Waals surface area contributed by atoms with E-state index >= 15 is 0 Å². The molecule has 3 amide bonds. The van der Waals surface area contributed by atoms with Crippen LogP contribution in [-0.2, 0) is 4.79 Å². The van der Waals surface area contributed by atoms with E-state index in [0.29, 0.717) is 38.0 Å². The summed E-state index contributed by atoms with van der Waals surface area (Å²) in [6.07, 6.45) is 14.9. The second kappa shape index (κ2) is 15.0. The SMILES string of the molecule is Cl.O=C(CCCNC(=O)NC1CCCCC1)NCCNC1CCCCCC1. The molecule has 0 unspecified atom stereocenters. The van der Waals surface area contributed by atoms with Gasteiger partial charge in [0.25, 0.3) is 0 Å². The van der Waals surface area contributed by atoms with Crippen LogP contribution in [0.1, 0.15) is 83.5 Å². The molecule has 0 heterocycles. The van der Waals surface area contributed by atoms with Gasteiger partial charge in [-0.1, -0.05) is 44.9 Å². The minimum atomic E-state index is -0.0927. The molecule has 0 atom stereocenters. The Morgan fingerprint density at radius 2 is 1.30 bits per heavy atom. The molecule has 0 aromatic heterocycles. The van der Waals surface area contributed by atoms with E-state index in [9.17, 15) is 9.59 Å². The van der Waals surface area contributed by atoms with Gasteiger partial charge in [-0.15, -0.1) is 12.4 Å². The van der Waals surface area contributed by atoms with Gasteiger partial charge in [-0.3, -0.25) is 4.79 Å². The largest absolute Gasteiger partial charge is 0.355 e. The first kappa shape index (κ1) is 24.0. The fourth-order valence-electron chi connectivity index (χ4n) is 3.98. The van der Waals surface area contributed by atoms with E-state index in [4.69, 9.17) is 0 Å². The van der Waals surface area contributed by atoms with Crippen LogP contribution in [0.3, 0.4) is 0 Å². The van der Waals surface area contributed by atoms with Crippen molar-refractivity contribution in [3.63, 3.8) is 0 Å². The Hall–Kier alpha value is -1.01. The lowest BCUT2D eigenvalue weighted by Gasteiger charge is -2.22. The van der Waals surface area contributed by atoms with Gasteiger partial charge in [-0.25, -0.2) is 4.79 Å². The molecule has 2 aliphatic carbocycles. The summed E-state index contributed by atoms with van der Waals surface area (Å²) in [6, 6.07) is 0.860. The van der Waals surface area contributed by atoms with E-state index in [2.05, 4.69) is 21.3 Å². The molecule has 0 aliphatic heterocycles. The highest BCUT2D eigenvalue weighted by Crippen LogP contribution is 2.17. The van der Waals surface area contributed by atoms with Crippen LogP contribution in [0.25, 0.3) is 0 Å². The highest BCUT2D eigenvalue weighted by atomic mass is 35.5. The summed E-state index contributed by atoms with van der Waals surface area (Å²) in [5, 5.41) is 12.4. The summed E-state index contributed by atoms with van der Waals surface area (Å²) in [4.78, 5) is 23.7. The Kier molecular flexibility index (Phi) is 13.3. The van der Waals surface area contributed by atoms with Crippen LogP contribution in [-0.4, -0.2) is 43.7 Å². The quantitative estimate of drug-likeness (QED) is 0.353. The van der Waals surface area contributed by atoms with E-state index in [-0.39, 0.29) is 24.3 Å². The van der Waals surface area contributed by atoms with Gasteiger partial charge < -0.3 is 21.3 Å². The minimum Gasteiger partial charge on any atom is -0.355 e. The molecule has 4 N–H and O–H groups in total. The molecule has 2 fully saturated rings. The van der Waals surface area contributed by atoms with Crippen molar-refractivity contribution in [2.75, 3.05) is 19.6 Å². The zero-order valence-electron chi connectivity index (χ0n) is 16.7. The number of nitrogens with one attached hydrogen (secondary N) is 4. The van der Waals surface area contributed by atoms with Gasteiger partial charge in [-0.05, 0) is 32.1 Å². The smallest absolute Gasteiger partial charge is 0.315 e. The fourth-order valence-corrected chi connectivity index (χ4v) is 3.98. The van der Waals surface area contributed by atoms with E-state index in [1.165, 1.54) is 57.8 Å². The standard InChI is InChI=1S/C20H38N4O2.ClH/c25-19(22-16-15-21-17-9-4-1-2-5-10-17)13-8-14-23-20(26)24-18-11-6-3-7-12-18;/h17-18,21H,1-16H2,(H,22,25)(H2,23,24,26);1H. The molecule has 2 saturated carbocycles. The molecule has 6 nitrogen and oxygen atoms in total. The van der Waals surface area contributed by atoms with Gasteiger partial charge in [0.15, 0.2) is 0 Å². The molecule has 2 rings (SSSR count). The number of urea groups is 1. The zero-order chi connectivity index (χ0) is 18.5. The highest BCUT2D eigenvalue weighted by Gasteiger charge is 2.15. The predicted molar refractivity (Wildman–Crippen MR) is 112 cm³/mol. The van der Waals surface area contributed by atoms with Crippen LogP contribution in [0.15, 0.2) is 0 Å². The van der Waals surface area contributed by atoms with Gasteiger partial charge in [0.1, 0.15) is 0 Å². The molecule has 0 spiro atoms. The first-order chi connectivity index (χ1) is 12.7. The Bertz CT molecular complexity index is 409. The van der Waals surface area contributed by atoms with Crippen molar-refractivity contribution in [2.24, 2.45) is 0 Å². The van der Waals surface area contributed by atoms with Crippen molar-refractivity contribution >= 4 is 24.3 Å². The molecule has 7 heteroatoms. The maximum atomic E-state index is 11.8. The van der Waals surface area contributed by atoms with E-state index in [1.54, 1.807) is 0 Å². The van der Waals surface area contributed by atoms with Crippen molar-refractivity contribution < 1.29 is 9.59 Å². The second-order valence-electron chi connectivity index (χ2n) is 7.83.